The van der Waals surface area contributed by atoms with Crippen LogP contribution in [0, 0.1) is 0 Å². The molecule has 2 atom stereocenters. The van der Waals surface area contributed by atoms with Crippen molar-refractivity contribution in [3.8, 4) is 0 Å². The van der Waals surface area contributed by atoms with E-state index in [9.17, 15) is 9.59 Å². The predicted molar refractivity (Wildman–Crippen MR) is 153 cm³/mol. The highest BCUT2D eigenvalue weighted by molar-refractivity contribution is 6.30. The smallest absolute Gasteiger partial charge is 0.303 e. The average Bonchev–Trinajstić information content (AvgIpc) is 2.95. The van der Waals surface area contributed by atoms with Gasteiger partial charge in [-0.2, -0.15) is 0 Å². The third-order valence-electron chi connectivity index (χ3n) is 7.25. The molecule has 5 rings (SSSR count). The molecule has 8 heteroatoms. The van der Waals surface area contributed by atoms with Gasteiger partial charge in [0.25, 0.3) is 5.91 Å². The van der Waals surface area contributed by atoms with Crippen LogP contribution < -0.4 is 9.80 Å². The van der Waals surface area contributed by atoms with Gasteiger partial charge in [0.05, 0.1) is 13.2 Å². The van der Waals surface area contributed by atoms with Gasteiger partial charge in [0.1, 0.15) is 12.2 Å². The SMILES string of the molecule is CC(=O)OC(COC1Cc2ccccc2N(Cc2ccccc2)C1=O)CN1CCN(c2ccc(Cl)cc2)CC1. The Morgan fingerprint density at radius 1 is 0.949 bits per heavy atom. The number of hydrogen-bond donors (Lipinski definition) is 0. The number of para-hydroxylation sites is 1. The van der Waals surface area contributed by atoms with Crippen molar-refractivity contribution < 1.29 is 19.1 Å². The second-order valence-corrected chi connectivity index (χ2v) is 10.5. The van der Waals surface area contributed by atoms with Gasteiger partial charge in [-0.1, -0.05) is 60.1 Å². The van der Waals surface area contributed by atoms with E-state index in [0.717, 1.165) is 53.7 Å². The number of rotatable bonds is 9. The Hall–Kier alpha value is -3.39. The van der Waals surface area contributed by atoms with Gasteiger partial charge in [-0.25, -0.2) is 0 Å². The first-order chi connectivity index (χ1) is 19.0. The molecule has 0 saturated carbocycles. The zero-order chi connectivity index (χ0) is 27.2. The van der Waals surface area contributed by atoms with Crippen molar-refractivity contribution >= 4 is 34.9 Å². The van der Waals surface area contributed by atoms with Crippen LogP contribution in [-0.2, 0) is 32.0 Å². The van der Waals surface area contributed by atoms with Crippen molar-refractivity contribution in [2.24, 2.45) is 0 Å². The zero-order valence-electron chi connectivity index (χ0n) is 22.2. The van der Waals surface area contributed by atoms with Gasteiger partial charge in [-0.05, 0) is 41.5 Å². The zero-order valence-corrected chi connectivity index (χ0v) is 22.9. The highest BCUT2D eigenvalue weighted by Gasteiger charge is 2.34. The summed E-state index contributed by atoms with van der Waals surface area (Å²) in [6, 6.07) is 25.8. The molecule has 7 nitrogen and oxygen atoms in total. The maximum Gasteiger partial charge on any atom is 0.303 e. The van der Waals surface area contributed by atoms with Gasteiger partial charge in [0, 0.05) is 62.5 Å². The summed E-state index contributed by atoms with van der Waals surface area (Å²) in [6.45, 7) is 6.00. The van der Waals surface area contributed by atoms with Crippen LogP contribution in [0.25, 0.3) is 0 Å². The van der Waals surface area contributed by atoms with Gasteiger partial charge in [-0.3, -0.25) is 14.5 Å². The number of benzene rings is 3. The fourth-order valence-electron chi connectivity index (χ4n) is 5.30. The lowest BCUT2D eigenvalue weighted by Crippen LogP contribution is -2.50. The number of fused-ring (bicyclic) bond motifs is 1. The van der Waals surface area contributed by atoms with Crippen molar-refractivity contribution in [2.45, 2.75) is 32.1 Å². The molecule has 0 bridgehead atoms. The highest BCUT2D eigenvalue weighted by Crippen LogP contribution is 2.30. The number of piperazine rings is 1. The molecule has 3 aromatic rings. The molecule has 0 radical (unpaired) electrons. The summed E-state index contributed by atoms with van der Waals surface area (Å²) in [7, 11) is 0. The standard InChI is InChI=1S/C31H34ClN3O4/c1-23(36)39-28(21-33-15-17-34(18-16-33)27-13-11-26(32)12-14-27)22-38-30-19-25-9-5-6-10-29(25)35(31(30)37)20-24-7-3-2-4-8-24/h2-14,28,30H,15-22H2,1H3. The van der Waals surface area contributed by atoms with E-state index in [1.807, 2.05) is 78.9 Å². The van der Waals surface area contributed by atoms with Crippen molar-refractivity contribution in [3.63, 3.8) is 0 Å². The number of nitrogens with zero attached hydrogens (tertiary/aromatic N) is 3. The normalized spacial score (nSPS) is 18.5. The van der Waals surface area contributed by atoms with E-state index in [4.69, 9.17) is 21.1 Å². The Kier molecular flexibility index (Phi) is 8.81. The molecule has 1 fully saturated rings. The van der Waals surface area contributed by atoms with Crippen molar-refractivity contribution in [1.29, 1.82) is 0 Å². The Labute approximate surface area is 234 Å². The van der Waals surface area contributed by atoms with E-state index in [1.54, 1.807) is 4.90 Å². The third-order valence-corrected chi connectivity index (χ3v) is 7.51. The second-order valence-electron chi connectivity index (χ2n) is 10.1. The minimum atomic E-state index is -0.636. The topological polar surface area (TPSA) is 62.3 Å². The molecule has 1 amide bonds. The van der Waals surface area contributed by atoms with E-state index in [-0.39, 0.29) is 18.5 Å². The average molecular weight is 548 g/mol. The molecular formula is C31H34ClN3O4. The molecule has 0 N–H and O–H groups in total. The van der Waals surface area contributed by atoms with Crippen LogP contribution in [0.2, 0.25) is 5.02 Å². The Morgan fingerprint density at radius 2 is 1.64 bits per heavy atom. The molecule has 3 aromatic carbocycles. The fourth-order valence-corrected chi connectivity index (χ4v) is 5.42. The third kappa shape index (κ3) is 6.98. The molecule has 39 heavy (non-hydrogen) atoms. The monoisotopic (exact) mass is 547 g/mol. The summed E-state index contributed by atoms with van der Waals surface area (Å²) in [5.74, 6) is -0.426. The van der Waals surface area contributed by atoms with Gasteiger partial charge < -0.3 is 19.3 Å². The summed E-state index contributed by atoms with van der Waals surface area (Å²) in [6.07, 6.45) is -0.604. The first-order valence-electron chi connectivity index (χ1n) is 13.4. The van der Waals surface area contributed by atoms with Crippen molar-refractivity contribution in [3.05, 3.63) is 95.0 Å². The molecule has 0 aromatic heterocycles. The van der Waals surface area contributed by atoms with Crippen molar-refractivity contribution in [1.82, 2.24) is 4.90 Å². The van der Waals surface area contributed by atoms with Gasteiger partial charge in [0.15, 0.2) is 0 Å². The van der Waals surface area contributed by atoms with E-state index < -0.39 is 12.2 Å². The summed E-state index contributed by atoms with van der Waals surface area (Å²) < 4.78 is 11.8. The van der Waals surface area contributed by atoms with Crippen LogP contribution in [0.5, 0.6) is 0 Å². The first kappa shape index (κ1) is 27.2. The number of halogens is 1. The Balaban J connectivity index is 1.21. The Bertz CT molecular complexity index is 1260. The van der Waals surface area contributed by atoms with E-state index >= 15 is 0 Å². The largest absolute Gasteiger partial charge is 0.459 e. The minimum absolute atomic E-state index is 0.0734. The molecule has 204 valence electrons. The molecule has 0 spiro atoms. The fraction of sp³-hybridized carbons (Fsp3) is 0.355. The number of hydrogen-bond acceptors (Lipinski definition) is 6. The van der Waals surface area contributed by atoms with E-state index in [1.165, 1.54) is 6.92 Å². The highest BCUT2D eigenvalue weighted by atomic mass is 35.5. The number of carbonyl (C=O) groups excluding carboxylic acids is 2. The molecule has 2 aliphatic heterocycles. The lowest BCUT2D eigenvalue weighted by atomic mass is 9.98. The van der Waals surface area contributed by atoms with E-state index in [2.05, 4.69) is 9.80 Å². The maximum absolute atomic E-state index is 13.6. The summed E-state index contributed by atoms with van der Waals surface area (Å²) in [4.78, 5) is 31.9. The molecule has 0 aliphatic carbocycles. The Morgan fingerprint density at radius 3 is 2.36 bits per heavy atom. The van der Waals surface area contributed by atoms with Crippen LogP contribution >= 0.6 is 11.6 Å². The number of carbonyl (C=O) groups is 2. The summed E-state index contributed by atoms with van der Waals surface area (Å²) in [5.41, 5.74) is 4.19. The van der Waals surface area contributed by atoms with Gasteiger partial charge in [-0.15, -0.1) is 0 Å². The number of ether oxygens (including phenoxy) is 2. The number of anilines is 2. The predicted octanol–water partition coefficient (Wildman–Crippen LogP) is 4.57. The second kappa shape index (κ2) is 12.6. The van der Waals surface area contributed by atoms with Crippen LogP contribution in [0.15, 0.2) is 78.9 Å². The van der Waals surface area contributed by atoms with Gasteiger partial charge >= 0.3 is 5.97 Å². The maximum atomic E-state index is 13.6. The molecule has 2 heterocycles. The van der Waals surface area contributed by atoms with Gasteiger partial charge in [0.2, 0.25) is 0 Å². The summed E-state index contributed by atoms with van der Waals surface area (Å²) in [5, 5.41) is 0.727. The minimum Gasteiger partial charge on any atom is -0.459 e. The lowest BCUT2D eigenvalue weighted by Gasteiger charge is -2.38. The van der Waals surface area contributed by atoms with Crippen LogP contribution in [0.3, 0.4) is 0 Å². The molecule has 2 aliphatic rings. The lowest BCUT2D eigenvalue weighted by molar-refractivity contribution is -0.153. The van der Waals surface area contributed by atoms with Crippen LogP contribution in [0.4, 0.5) is 11.4 Å². The van der Waals surface area contributed by atoms with Crippen molar-refractivity contribution in [2.75, 3.05) is 49.1 Å². The number of esters is 1. The van der Waals surface area contributed by atoms with Crippen LogP contribution in [-0.4, -0.2) is 68.3 Å². The quantitative estimate of drug-likeness (QED) is 0.366. The summed E-state index contributed by atoms with van der Waals surface area (Å²) >= 11 is 6.03. The van der Waals surface area contributed by atoms with Crippen LogP contribution in [0.1, 0.15) is 18.1 Å². The van der Waals surface area contributed by atoms with E-state index in [0.29, 0.717) is 19.5 Å². The molecular weight excluding hydrogens is 514 g/mol. The molecule has 2 unspecified atom stereocenters. The number of amides is 1. The first-order valence-corrected chi connectivity index (χ1v) is 13.8. The molecule has 1 saturated heterocycles.